The van der Waals surface area contributed by atoms with E-state index in [-0.39, 0.29) is 11.7 Å². The molecule has 2 N–H and O–H groups in total. The first-order valence-corrected chi connectivity index (χ1v) is 11.3. The van der Waals surface area contributed by atoms with Crippen LogP contribution >= 0.6 is 0 Å². The second-order valence-corrected chi connectivity index (χ2v) is 8.61. The smallest absolute Gasteiger partial charge is 0.238 e. The number of hydrogen-bond acceptors (Lipinski definition) is 5. The van der Waals surface area contributed by atoms with Crippen LogP contribution in [0.25, 0.3) is 11.1 Å². The molecule has 0 atom stereocenters. The maximum absolute atomic E-state index is 12.7. The normalized spacial score (nSPS) is 15.6. The van der Waals surface area contributed by atoms with E-state index >= 15 is 0 Å². The molecule has 6 nitrogen and oxygen atoms in total. The van der Waals surface area contributed by atoms with E-state index in [0.717, 1.165) is 59.7 Å². The largest absolute Gasteiger partial charge is 0.497 e. The van der Waals surface area contributed by atoms with E-state index in [1.165, 1.54) is 0 Å². The Balaban J connectivity index is 1.15. The van der Waals surface area contributed by atoms with E-state index in [0.29, 0.717) is 18.2 Å². The molecular formula is C27H27N3O3. The van der Waals surface area contributed by atoms with Crippen LogP contribution in [-0.2, 0) is 4.79 Å². The van der Waals surface area contributed by atoms with Gasteiger partial charge in [0, 0.05) is 47.7 Å². The number of fused-ring (bicyclic) bond motifs is 3. The summed E-state index contributed by atoms with van der Waals surface area (Å²) in [6.07, 6.45) is 1.95. The molecule has 3 aromatic carbocycles. The number of ether oxygens (including phenoxy) is 1. The van der Waals surface area contributed by atoms with Crippen LogP contribution in [0.15, 0.2) is 66.7 Å². The van der Waals surface area contributed by atoms with Crippen molar-refractivity contribution in [3.8, 4) is 16.9 Å². The molecule has 3 aromatic rings. The third kappa shape index (κ3) is 4.47. The second-order valence-electron chi connectivity index (χ2n) is 8.61. The molecule has 6 heteroatoms. The molecule has 1 aliphatic heterocycles. The highest BCUT2D eigenvalue weighted by Gasteiger charge is 2.26. The van der Waals surface area contributed by atoms with Crippen LogP contribution in [0.1, 0.15) is 28.8 Å². The van der Waals surface area contributed by atoms with Crippen LogP contribution in [-0.4, -0.2) is 49.4 Å². The lowest BCUT2D eigenvalue weighted by molar-refractivity contribution is -0.117. The molecule has 0 saturated carbocycles. The quantitative estimate of drug-likeness (QED) is 0.464. The summed E-state index contributed by atoms with van der Waals surface area (Å²) in [5, 5.41) is 6.58. The van der Waals surface area contributed by atoms with E-state index in [9.17, 15) is 9.59 Å². The van der Waals surface area contributed by atoms with Gasteiger partial charge in [-0.05, 0) is 54.3 Å². The maximum Gasteiger partial charge on any atom is 0.238 e. The number of methoxy groups -OCH3 is 1. The Kier molecular flexibility index (Phi) is 5.84. The minimum absolute atomic E-state index is 0.0354. The van der Waals surface area contributed by atoms with Gasteiger partial charge in [-0.15, -0.1) is 0 Å². The van der Waals surface area contributed by atoms with E-state index < -0.39 is 0 Å². The molecule has 0 bridgehead atoms. The number of benzene rings is 3. The lowest BCUT2D eigenvalue weighted by atomic mass is 10.0. The van der Waals surface area contributed by atoms with Crippen LogP contribution in [0.4, 0.5) is 11.4 Å². The Morgan fingerprint density at radius 3 is 2.45 bits per heavy atom. The number of carbonyl (C=O) groups is 2. The number of piperidine rings is 1. The number of ketones is 1. The summed E-state index contributed by atoms with van der Waals surface area (Å²) in [6, 6.07) is 21.5. The number of hydrogen-bond donors (Lipinski definition) is 2. The van der Waals surface area contributed by atoms with Crippen molar-refractivity contribution >= 4 is 23.1 Å². The van der Waals surface area contributed by atoms with Crippen LogP contribution in [0.5, 0.6) is 5.75 Å². The predicted octanol–water partition coefficient (Wildman–Crippen LogP) is 4.42. The molecule has 0 aromatic heterocycles. The van der Waals surface area contributed by atoms with E-state index in [1.807, 2.05) is 66.7 Å². The van der Waals surface area contributed by atoms with Gasteiger partial charge in [-0.2, -0.15) is 0 Å². The van der Waals surface area contributed by atoms with Crippen molar-refractivity contribution in [1.29, 1.82) is 0 Å². The van der Waals surface area contributed by atoms with Gasteiger partial charge in [0.2, 0.25) is 5.91 Å². The summed E-state index contributed by atoms with van der Waals surface area (Å²) < 4.78 is 5.29. The third-order valence-electron chi connectivity index (χ3n) is 6.41. The van der Waals surface area contributed by atoms with Gasteiger partial charge in [0.25, 0.3) is 0 Å². The van der Waals surface area contributed by atoms with Crippen molar-refractivity contribution in [2.45, 2.75) is 18.9 Å². The maximum atomic E-state index is 12.7. The van der Waals surface area contributed by atoms with E-state index in [1.54, 1.807) is 7.11 Å². The molecule has 168 valence electrons. The fourth-order valence-electron chi connectivity index (χ4n) is 4.69. The lowest BCUT2D eigenvalue weighted by Crippen LogP contribution is -2.42. The Bertz CT molecular complexity index is 1200. The molecule has 1 saturated heterocycles. The summed E-state index contributed by atoms with van der Waals surface area (Å²) in [7, 11) is 1.67. The fraction of sp³-hybridized carbons (Fsp3) is 0.259. The van der Waals surface area contributed by atoms with Crippen LogP contribution < -0.4 is 15.4 Å². The number of likely N-dealkylation sites (tertiary alicyclic amines) is 1. The molecule has 1 heterocycles. The zero-order valence-corrected chi connectivity index (χ0v) is 18.6. The highest BCUT2D eigenvalue weighted by atomic mass is 16.5. The molecule has 33 heavy (non-hydrogen) atoms. The summed E-state index contributed by atoms with van der Waals surface area (Å²) in [6.45, 7) is 2.08. The number of nitrogens with zero attached hydrogens (tertiary/aromatic N) is 1. The molecule has 1 aliphatic carbocycles. The molecule has 0 spiro atoms. The lowest BCUT2D eigenvalue weighted by Gasteiger charge is -2.32. The Hall–Kier alpha value is -3.64. The molecule has 1 amide bonds. The number of anilines is 2. The van der Waals surface area contributed by atoms with Crippen molar-refractivity contribution in [1.82, 2.24) is 4.90 Å². The fourth-order valence-corrected chi connectivity index (χ4v) is 4.69. The molecule has 0 radical (unpaired) electrons. The highest BCUT2D eigenvalue weighted by Crippen LogP contribution is 2.37. The number of rotatable bonds is 6. The average molecular weight is 442 g/mol. The number of carbonyl (C=O) groups excluding carboxylic acids is 2. The van der Waals surface area contributed by atoms with Crippen molar-refractivity contribution in [3.63, 3.8) is 0 Å². The Labute approximate surface area is 193 Å². The van der Waals surface area contributed by atoms with Crippen molar-refractivity contribution in [2.75, 3.05) is 37.4 Å². The van der Waals surface area contributed by atoms with Gasteiger partial charge in [0.15, 0.2) is 5.78 Å². The van der Waals surface area contributed by atoms with E-state index in [4.69, 9.17) is 4.74 Å². The van der Waals surface area contributed by atoms with Gasteiger partial charge in [0.1, 0.15) is 5.75 Å². The molecule has 5 rings (SSSR count). The second kappa shape index (κ2) is 9.08. The third-order valence-corrected chi connectivity index (χ3v) is 6.41. The molecule has 2 aliphatic rings. The van der Waals surface area contributed by atoms with Gasteiger partial charge in [-0.1, -0.05) is 30.3 Å². The van der Waals surface area contributed by atoms with Gasteiger partial charge < -0.3 is 15.4 Å². The predicted molar refractivity (Wildman–Crippen MR) is 130 cm³/mol. The van der Waals surface area contributed by atoms with Gasteiger partial charge in [-0.25, -0.2) is 0 Å². The first-order chi connectivity index (χ1) is 16.1. The summed E-state index contributed by atoms with van der Waals surface area (Å²) in [5.74, 6) is 0.851. The van der Waals surface area contributed by atoms with Crippen LogP contribution in [0.2, 0.25) is 0 Å². The average Bonchev–Trinajstić information content (AvgIpc) is 3.12. The van der Waals surface area contributed by atoms with Gasteiger partial charge in [-0.3, -0.25) is 14.5 Å². The summed E-state index contributed by atoms with van der Waals surface area (Å²) >= 11 is 0. The highest BCUT2D eigenvalue weighted by molar-refractivity contribution is 6.22. The monoisotopic (exact) mass is 441 g/mol. The van der Waals surface area contributed by atoms with Crippen molar-refractivity contribution in [2.24, 2.45) is 0 Å². The minimum Gasteiger partial charge on any atom is -0.497 e. The first-order valence-electron chi connectivity index (χ1n) is 11.3. The minimum atomic E-state index is -0.0354. The summed E-state index contributed by atoms with van der Waals surface area (Å²) in [4.78, 5) is 27.4. The zero-order chi connectivity index (χ0) is 22.8. The van der Waals surface area contributed by atoms with Gasteiger partial charge >= 0.3 is 0 Å². The molecular weight excluding hydrogens is 414 g/mol. The first kappa shape index (κ1) is 21.2. The summed E-state index contributed by atoms with van der Waals surface area (Å²) in [5.41, 5.74) is 5.01. The molecule has 0 unspecified atom stereocenters. The van der Waals surface area contributed by atoms with E-state index in [2.05, 4.69) is 15.5 Å². The van der Waals surface area contributed by atoms with Crippen molar-refractivity contribution in [3.05, 3.63) is 77.9 Å². The number of nitrogens with one attached hydrogen (secondary N) is 2. The SMILES string of the molecule is COc1cccc(NC2CCN(CC(=O)Nc3ccc4c(c3)-c3ccccc3C4=O)CC2)c1. The van der Waals surface area contributed by atoms with Crippen LogP contribution in [0, 0.1) is 0 Å². The standard InChI is InChI=1S/C27H27N3O3/c1-33-21-6-4-5-19(15-21)28-18-11-13-30(14-12-18)17-26(31)29-20-9-10-24-25(16-20)22-7-2-3-8-23(22)27(24)32/h2-10,15-16,18,28H,11-14,17H2,1H3,(H,29,31). The van der Waals surface area contributed by atoms with Gasteiger partial charge in [0.05, 0.1) is 13.7 Å². The molecule has 1 fully saturated rings. The van der Waals surface area contributed by atoms with Crippen molar-refractivity contribution < 1.29 is 14.3 Å². The Morgan fingerprint density at radius 1 is 0.909 bits per heavy atom. The number of amides is 1. The Morgan fingerprint density at radius 2 is 1.67 bits per heavy atom. The zero-order valence-electron chi connectivity index (χ0n) is 18.6. The van der Waals surface area contributed by atoms with Crippen LogP contribution in [0.3, 0.4) is 0 Å². The topological polar surface area (TPSA) is 70.7 Å².